The largest absolute Gasteiger partial charge is 0.480 e. The van der Waals surface area contributed by atoms with Crippen LogP contribution in [0.4, 0.5) is 14.9 Å². The molecule has 1 aromatic carbocycles. The highest BCUT2D eigenvalue weighted by atomic mass is 32.2. The van der Waals surface area contributed by atoms with E-state index in [0.29, 0.717) is 11.5 Å². The van der Waals surface area contributed by atoms with E-state index in [2.05, 4.69) is 5.32 Å². The third-order valence-electron chi connectivity index (χ3n) is 3.04. The van der Waals surface area contributed by atoms with Crippen molar-refractivity contribution < 1.29 is 19.1 Å². The zero-order valence-electron chi connectivity index (χ0n) is 10.9. The zero-order chi connectivity index (χ0) is 15.4. The minimum absolute atomic E-state index is 0.0323. The summed E-state index contributed by atoms with van der Waals surface area (Å²) in [7, 11) is 0. The van der Waals surface area contributed by atoms with Crippen LogP contribution in [0.5, 0.6) is 0 Å². The van der Waals surface area contributed by atoms with Crippen molar-refractivity contribution in [3.05, 3.63) is 29.6 Å². The van der Waals surface area contributed by atoms with Crippen molar-refractivity contribution in [2.45, 2.75) is 6.04 Å². The molecule has 0 radical (unpaired) electrons. The Balaban J connectivity index is 2.20. The average Bonchev–Trinajstić information content (AvgIpc) is 2.47. The van der Waals surface area contributed by atoms with Crippen molar-refractivity contribution in [2.24, 2.45) is 0 Å². The number of carboxylic acid groups (broad SMARTS) is 1. The summed E-state index contributed by atoms with van der Waals surface area (Å²) in [5, 5.41) is 20.4. The average molecular weight is 309 g/mol. The van der Waals surface area contributed by atoms with Crippen LogP contribution < -0.4 is 5.32 Å². The highest BCUT2D eigenvalue weighted by molar-refractivity contribution is 7.99. The first kappa shape index (κ1) is 15.1. The quantitative estimate of drug-likeness (QED) is 0.868. The molecule has 1 heterocycles. The Morgan fingerprint density at radius 2 is 2.29 bits per heavy atom. The monoisotopic (exact) mass is 309 g/mol. The maximum Gasteiger partial charge on any atom is 0.327 e. The minimum atomic E-state index is -1.09. The molecule has 1 aliphatic heterocycles. The molecule has 1 unspecified atom stereocenters. The number of aliphatic carboxylic acids is 1. The lowest BCUT2D eigenvalue weighted by Crippen LogP contribution is -2.51. The molecule has 0 aliphatic carbocycles. The molecule has 2 rings (SSSR count). The molecule has 0 spiro atoms. The summed E-state index contributed by atoms with van der Waals surface area (Å²) in [5.74, 6) is -0.890. The predicted molar refractivity (Wildman–Crippen MR) is 75.6 cm³/mol. The summed E-state index contributed by atoms with van der Waals surface area (Å²) in [6, 6.07) is 3.98. The number of hydrogen-bond acceptors (Lipinski definition) is 4. The Hall–Kier alpha value is -2.27. The molecule has 2 amide bonds. The lowest BCUT2D eigenvalue weighted by molar-refractivity contribution is -0.141. The number of rotatable bonds is 2. The molecule has 0 saturated carbocycles. The predicted octanol–water partition coefficient (Wildman–Crippen LogP) is 1.73. The van der Waals surface area contributed by atoms with Gasteiger partial charge >= 0.3 is 12.0 Å². The first-order valence-corrected chi connectivity index (χ1v) is 7.27. The molecule has 1 fully saturated rings. The Labute approximate surface area is 124 Å². The van der Waals surface area contributed by atoms with Gasteiger partial charge in [0.2, 0.25) is 0 Å². The number of anilines is 1. The van der Waals surface area contributed by atoms with Gasteiger partial charge < -0.3 is 15.3 Å². The number of thioether (sulfide) groups is 1. The molecule has 8 heteroatoms. The number of carboxylic acids is 1. The van der Waals surface area contributed by atoms with Gasteiger partial charge in [-0.2, -0.15) is 17.0 Å². The van der Waals surface area contributed by atoms with Gasteiger partial charge in [0, 0.05) is 18.1 Å². The van der Waals surface area contributed by atoms with Gasteiger partial charge in [-0.3, -0.25) is 0 Å². The third kappa shape index (κ3) is 3.25. The van der Waals surface area contributed by atoms with Gasteiger partial charge in [-0.05, 0) is 12.1 Å². The van der Waals surface area contributed by atoms with Crippen LogP contribution in [0.25, 0.3) is 0 Å². The summed E-state index contributed by atoms with van der Waals surface area (Å²) < 4.78 is 13.5. The SMILES string of the molecule is N#Cc1c(F)cccc1NC(=O)N1CCSCC1C(=O)O. The van der Waals surface area contributed by atoms with Crippen LogP contribution in [0.2, 0.25) is 0 Å². The van der Waals surface area contributed by atoms with Gasteiger partial charge in [0.25, 0.3) is 0 Å². The van der Waals surface area contributed by atoms with E-state index in [0.717, 1.165) is 6.07 Å². The molecule has 21 heavy (non-hydrogen) atoms. The first-order valence-electron chi connectivity index (χ1n) is 6.11. The van der Waals surface area contributed by atoms with Crippen LogP contribution in [0, 0.1) is 17.1 Å². The molecule has 1 aromatic rings. The second-order valence-corrected chi connectivity index (χ2v) is 5.48. The number of nitriles is 1. The maximum absolute atomic E-state index is 13.5. The number of nitrogens with one attached hydrogen (secondary N) is 1. The van der Waals surface area contributed by atoms with E-state index in [1.807, 2.05) is 0 Å². The number of hydrogen-bond donors (Lipinski definition) is 2. The van der Waals surface area contributed by atoms with Gasteiger partial charge in [-0.25, -0.2) is 14.0 Å². The number of amides is 2. The second-order valence-electron chi connectivity index (χ2n) is 4.33. The maximum atomic E-state index is 13.5. The summed E-state index contributed by atoms with van der Waals surface area (Å²) >= 11 is 1.45. The lowest BCUT2D eigenvalue weighted by Gasteiger charge is -2.32. The molecule has 6 nitrogen and oxygen atoms in total. The first-order chi connectivity index (χ1) is 10.0. The molecule has 1 atom stereocenters. The molecular weight excluding hydrogens is 297 g/mol. The van der Waals surface area contributed by atoms with Crippen LogP contribution in [-0.4, -0.2) is 46.1 Å². The highest BCUT2D eigenvalue weighted by Crippen LogP contribution is 2.21. The Morgan fingerprint density at radius 1 is 1.52 bits per heavy atom. The normalized spacial score (nSPS) is 17.9. The fourth-order valence-corrected chi connectivity index (χ4v) is 3.02. The molecular formula is C13H12FN3O3S. The van der Waals surface area contributed by atoms with Crippen LogP contribution in [0.15, 0.2) is 18.2 Å². The molecule has 0 bridgehead atoms. The number of benzene rings is 1. The van der Waals surface area contributed by atoms with E-state index in [9.17, 15) is 14.0 Å². The zero-order valence-corrected chi connectivity index (χ0v) is 11.7. The van der Waals surface area contributed by atoms with Crippen LogP contribution in [0.3, 0.4) is 0 Å². The number of carbonyl (C=O) groups excluding carboxylic acids is 1. The summed E-state index contributed by atoms with van der Waals surface area (Å²) in [5.41, 5.74) is -0.242. The highest BCUT2D eigenvalue weighted by Gasteiger charge is 2.32. The van der Waals surface area contributed by atoms with E-state index in [4.69, 9.17) is 10.4 Å². The van der Waals surface area contributed by atoms with E-state index in [-0.39, 0.29) is 17.8 Å². The van der Waals surface area contributed by atoms with Crippen molar-refractivity contribution in [1.29, 1.82) is 5.26 Å². The number of urea groups is 1. The topological polar surface area (TPSA) is 93.4 Å². The Morgan fingerprint density at radius 3 is 2.95 bits per heavy atom. The van der Waals surface area contributed by atoms with Gasteiger partial charge in [0.1, 0.15) is 23.5 Å². The minimum Gasteiger partial charge on any atom is -0.480 e. The van der Waals surface area contributed by atoms with E-state index >= 15 is 0 Å². The second kappa shape index (κ2) is 6.45. The number of halogens is 1. The third-order valence-corrected chi connectivity index (χ3v) is 4.06. The van der Waals surface area contributed by atoms with Crippen molar-refractivity contribution >= 4 is 29.4 Å². The summed E-state index contributed by atoms with van der Waals surface area (Å²) in [4.78, 5) is 24.5. The van der Waals surface area contributed by atoms with E-state index < -0.39 is 23.9 Å². The molecule has 1 saturated heterocycles. The summed E-state index contributed by atoms with van der Waals surface area (Å²) in [6.07, 6.45) is 0. The Bertz CT molecular complexity index is 617. The van der Waals surface area contributed by atoms with Crippen molar-refractivity contribution in [2.75, 3.05) is 23.4 Å². The molecule has 0 aromatic heterocycles. The van der Waals surface area contributed by atoms with Crippen LogP contribution in [-0.2, 0) is 4.79 Å². The number of carbonyl (C=O) groups is 2. The van der Waals surface area contributed by atoms with Crippen molar-refractivity contribution in [1.82, 2.24) is 4.90 Å². The molecule has 2 N–H and O–H groups in total. The lowest BCUT2D eigenvalue weighted by atomic mass is 10.2. The summed E-state index contributed by atoms with van der Waals surface area (Å²) in [6.45, 7) is 0.282. The number of nitrogens with zero attached hydrogens (tertiary/aromatic N) is 2. The van der Waals surface area contributed by atoms with Gasteiger partial charge in [-0.1, -0.05) is 6.07 Å². The molecule has 110 valence electrons. The Kier molecular flexibility index (Phi) is 4.65. The smallest absolute Gasteiger partial charge is 0.327 e. The van der Waals surface area contributed by atoms with Crippen molar-refractivity contribution in [3.63, 3.8) is 0 Å². The van der Waals surface area contributed by atoms with Crippen molar-refractivity contribution in [3.8, 4) is 6.07 Å². The van der Waals surface area contributed by atoms with E-state index in [1.165, 1.54) is 28.8 Å². The van der Waals surface area contributed by atoms with E-state index in [1.54, 1.807) is 6.07 Å². The van der Waals surface area contributed by atoms with Gasteiger partial charge in [0.05, 0.1) is 5.69 Å². The fourth-order valence-electron chi connectivity index (χ4n) is 1.98. The van der Waals surface area contributed by atoms with Gasteiger partial charge in [-0.15, -0.1) is 0 Å². The van der Waals surface area contributed by atoms with Crippen LogP contribution in [0.1, 0.15) is 5.56 Å². The van der Waals surface area contributed by atoms with Crippen LogP contribution >= 0.6 is 11.8 Å². The fraction of sp³-hybridized carbons (Fsp3) is 0.308. The molecule has 1 aliphatic rings. The van der Waals surface area contributed by atoms with Gasteiger partial charge in [0.15, 0.2) is 0 Å². The standard InChI is InChI=1S/C13H12FN3O3S/c14-9-2-1-3-10(8(9)6-15)16-13(20)17-4-5-21-7-11(17)12(18)19/h1-3,11H,4-5,7H2,(H,16,20)(H,18,19).